The van der Waals surface area contributed by atoms with E-state index in [1.54, 1.807) is 36.7 Å². The van der Waals surface area contributed by atoms with E-state index in [9.17, 15) is 4.79 Å². The van der Waals surface area contributed by atoms with Gasteiger partial charge in [0.25, 0.3) is 0 Å². The van der Waals surface area contributed by atoms with Crippen LogP contribution in [-0.2, 0) is 4.74 Å². The number of aromatic nitrogens is 3. The van der Waals surface area contributed by atoms with Crippen LogP contribution in [0.4, 0.5) is 10.6 Å². The van der Waals surface area contributed by atoms with E-state index in [0.29, 0.717) is 36.4 Å². The number of nitrogens with one attached hydrogen (secondary N) is 1. The summed E-state index contributed by atoms with van der Waals surface area (Å²) in [6.07, 6.45) is 5.68. The number of hydrogen-bond donors (Lipinski definition) is 1. The number of piperidine rings is 1. The highest BCUT2D eigenvalue weighted by atomic mass is 35.5. The van der Waals surface area contributed by atoms with Gasteiger partial charge < -0.3 is 14.4 Å². The molecule has 8 nitrogen and oxygen atoms in total. The summed E-state index contributed by atoms with van der Waals surface area (Å²) in [5.74, 6) is 1.98. The lowest BCUT2D eigenvalue weighted by Crippen LogP contribution is -2.47. The quantitative estimate of drug-likeness (QED) is 0.590. The number of hydrogen-bond acceptors (Lipinski definition) is 6. The molecule has 2 amide bonds. The molecule has 0 saturated carbocycles. The summed E-state index contributed by atoms with van der Waals surface area (Å²) in [5.41, 5.74) is 0.990. The Morgan fingerprint density at radius 1 is 1.18 bits per heavy atom. The van der Waals surface area contributed by atoms with E-state index in [1.807, 2.05) is 23.1 Å². The number of likely N-dealkylation sites (tertiary alicyclic amines) is 1. The fourth-order valence-corrected chi connectivity index (χ4v) is 4.57. The SMILES string of the molecule is O=C(Nc1cccnn1)N1CCC2(CC1)CC(c1cccc(Oc3ccc(Cl)cn3)c1)CO2. The van der Waals surface area contributed by atoms with E-state index in [0.717, 1.165) is 25.0 Å². The van der Waals surface area contributed by atoms with E-state index >= 15 is 0 Å². The standard InChI is InChI=1S/C24H24ClN5O3/c25-19-6-7-22(26-15-19)33-20-4-1-3-17(13-20)18-14-24(32-16-18)8-11-30(12-9-24)23(31)28-21-5-2-10-27-29-21/h1-7,10,13,15,18H,8-9,11-12,14,16H2,(H,28,29,31). The molecule has 1 N–H and O–H groups in total. The molecule has 33 heavy (non-hydrogen) atoms. The molecule has 1 unspecified atom stereocenters. The number of carbonyl (C=O) groups is 1. The van der Waals surface area contributed by atoms with Crippen molar-refractivity contribution < 1.29 is 14.3 Å². The van der Waals surface area contributed by atoms with Crippen LogP contribution < -0.4 is 10.1 Å². The summed E-state index contributed by atoms with van der Waals surface area (Å²) in [7, 11) is 0. The fraction of sp³-hybridized carbons (Fsp3) is 0.333. The lowest BCUT2D eigenvalue weighted by Gasteiger charge is -2.38. The van der Waals surface area contributed by atoms with Gasteiger partial charge >= 0.3 is 6.03 Å². The number of anilines is 1. The third-order valence-corrected chi connectivity index (χ3v) is 6.45. The van der Waals surface area contributed by atoms with Crippen LogP contribution in [0.1, 0.15) is 30.7 Å². The van der Waals surface area contributed by atoms with Crippen LogP contribution in [0.5, 0.6) is 11.6 Å². The van der Waals surface area contributed by atoms with Crippen LogP contribution in [0.15, 0.2) is 60.9 Å². The van der Waals surface area contributed by atoms with Crippen molar-refractivity contribution >= 4 is 23.4 Å². The van der Waals surface area contributed by atoms with Crippen LogP contribution >= 0.6 is 11.6 Å². The number of nitrogens with zero attached hydrogens (tertiary/aromatic N) is 4. The van der Waals surface area contributed by atoms with Crippen molar-refractivity contribution in [1.82, 2.24) is 20.1 Å². The topological polar surface area (TPSA) is 89.5 Å². The summed E-state index contributed by atoms with van der Waals surface area (Å²) in [5, 5.41) is 11.1. The van der Waals surface area contributed by atoms with Gasteiger partial charge in [0.1, 0.15) is 5.75 Å². The number of carbonyl (C=O) groups excluding carboxylic acids is 1. The zero-order chi connectivity index (χ0) is 22.7. The molecule has 3 aromatic rings. The van der Waals surface area contributed by atoms with Crippen LogP contribution in [0.3, 0.4) is 0 Å². The minimum atomic E-state index is -0.192. The van der Waals surface area contributed by atoms with Crippen LogP contribution in [0.25, 0.3) is 0 Å². The second-order valence-electron chi connectivity index (χ2n) is 8.41. The van der Waals surface area contributed by atoms with Gasteiger partial charge in [-0.05, 0) is 55.2 Å². The number of ether oxygens (including phenoxy) is 2. The Morgan fingerprint density at radius 2 is 2.06 bits per heavy atom. The minimum absolute atomic E-state index is 0.152. The molecule has 1 spiro atoms. The predicted molar refractivity (Wildman–Crippen MR) is 124 cm³/mol. The molecule has 2 aliphatic rings. The molecule has 2 saturated heterocycles. The number of amides is 2. The second-order valence-corrected chi connectivity index (χ2v) is 8.85. The van der Waals surface area contributed by atoms with Crippen LogP contribution in [-0.4, -0.2) is 51.4 Å². The zero-order valence-corrected chi connectivity index (χ0v) is 18.7. The first-order valence-corrected chi connectivity index (χ1v) is 11.3. The molecule has 1 aromatic carbocycles. The van der Waals surface area contributed by atoms with Gasteiger partial charge in [0, 0.05) is 37.5 Å². The number of benzene rings is 1. The van der Waals surface area contributed by atoms with Gasteiger partial charge in [-0.3, -0.25) is 5.32 Å². The highest BCUT2D eigenvalue weighted by Gasteiger charge is 2.43. The zero-order valence-electron chi connectivity index (χ0n) is 18.0. The summed E-state index contributed by atoms with van der Waals surface area (Å²) in [4.78, 5) is 18.5. The molecule has 0 aliphatic carbocycles. The third-order valence-electron chi connectivity index (χ3n) is 6.23. The molecule has 1 atom stereocenters. The number of rotatable bonds is 4. The van der Waals surface area contributed by atoms with E-state index in [2.05, 4.69) is 26.6 Å². The first-order chi connectivity index (χ1) is 16.1. The first-order valence-electron chi connectivity index (χ1n) is 11.0. The summed E-state index contributed by atoms with van der Waals surface area (Å²) in [6.45, 7) is 1.95. The molecule has 0 bridgehead atoms. The molecule has 2 aliphatic heterocycles. The van der Waals surface area contributed by atoms with Crippen molar-refractivity contribution in [2.45, 2.75) is 30.8 Å². The highest BCUT2D eigenvalue weighted by molar-refractivity contribution is 6.30. The molecule has 5 rings (SSSR count). The molecule has 170 valence electrons. The van der Waals surface area contributed by atoms with Crippen molar-refractivity contribution in [3.63, 3.8) is 0 Å². The lowest BCUT2D eigenvalue weighted by atomic mass is 9.83. The largest absolute Gasteiger partial charge is 0.439 e. The Bertz CT molecular complexity index is 1100. The van der Waals surface area contributed by atoms with Gasteiger partial charge in [-0.25, -0.2) is 9.78 Å². The maximum atomic E-state index is 12.5. The average Bonchev–Trinajstić information content (AvgIpc) is 3.25. The number of halogens is 1. The van der Waals surface area contributed by atoms with Gasteiger partial charge in [0.05, 0.1) is 17.2 Å². The van der Waals surface area contributed by atoms with Crippen LogP contribution in [0, 0.1) is 0 Å². The molecule has 2 fully saturated rings. The van der Waals surface area contributed by atoms with Gasteiger partial charge in [0.15, 0.2) is 5.82 Å². The summed E-state index contributed by atoms with van der Waals surface area (Å²) < 4.78 is 12.2. The molecular formula is C24H24ClN5O3. The third kappa shape index (κ3) is 5.07. The summed E-state index contributed by atoms with van der Waals surface area (Å²) >= 11 is 5.90. The van der Waals surface area contributed by atoms with Crippen molar-refractivity contribution in [2.75, 3.05) is 25.0 Å². The van der Waals surface area contributed by atoms with Crippen LogP contribution in [0.2, 0.25) is 5.02 Å². The molecule has 2 aromatic heterocycles. The smallest absolute Gasteiger partial charge is 0.323 e. The fourth-order valence-electron chi connectivity index (χ4n) is 4.46. The highest BCUT2D eigenvalue weighted by Crippen LogP contribution is 2.43. The Balaban J connectivity index is 1.18. The van der Waals surface area contributed by atoms with E-state index < -0.39 is 0 Å². The molecule has 0 radical (unpaired) electrons. The van der Waals surface area contributed by atoms with Gasteiger partial charge in [-0.15, -0.1) is 5.10 Å². The minimum Gasteiger partial charge on any atom is -0.439 e. The Morgan fingerprint density at radius 3 is 2.82 bits per heavy atom. The second kappa shape index (κ2) is 9.33. The van der Waals surface area contributed by atoms with Crippen molar-refractivity contribution in [1.29, 1.82) is 0 Å². The number of urea groups is 1. The predicted octanol–water partition coefficient (Wildman–Crippen LogP) is 4.89. The lowest BCUT2D eigenvalue weighted by molar-refractivity contribution is -0.0355. The van der Waals surface area contributed by atoms with Crippen molar-refractivity contribution in [2.24, 2.45) is 0 Å². The molecule has 9 heteroatoms. The average molecular weight is 466 g/mol. The Labute approximate surface area is 196 Å². The number of pyridine rings is 1. The normalized spacial score (nSPS) is 19.4. The Hall–Kier alpha value is -3.23. The monoisotopic (exact) mass is 465 g/mol. The van der Waals surface area contributed by atoms with E-state index in [-0.39, 0.29) is 17.6 Å². The van der Waals surface area contributed by atoms with Crippen molar-refractivity contribution in [3.05, 3.63) is 71.5 Å². The van der Waals surface area contributed by atoms with Gasteiger partial charge in [-0.1, -0.05) is 23.7 Å². The Kier molecular flexibility index (Phi) is 6.11. The molecular weight excluding hydrogens is 442 g/mol. The summed E-state index contributed by atoms with van der Waals surface area (Å²) in [6, 6.07) is 14.9. The van der Waals surface area contributed by atoms with E-state index in [4.69, 9.17) is 21.1 Å². The maximum Gasteiger partial charge on any atom is 0.323 e. The maximum absolute atomic E-state index is 12.5. The molecule has 4 heterocycles. The van der Waals surface area contributed by atoms with Gasteiger partial charge in [0.2, 0.25) is 5.88 Å². The van der Waals surface area contributed by atoms with E-state index in [1.165, 1.54) is 5.56 Å². The first kappa shape index (κ1) is 21.6. The van der Waals surface area contributed by atoms with Crippen molar-refractivity contribution in [3.8, 4) is 11.6 Å². The van der Waals surface area contributed by atoms with Gasteiger partial charge in [-0.2, -0.15) is 5.10 Å².